The van der Waals surface area contributed by atoms with E-state index >= 15 is 0 Å². The normalized spacial score (nSPS) is 13.8. The van der Waals surface area contributed by atoms with Gasteiger partial charge in [0.15, 0.2) is 13.5 Å². The Hall–Kier alpha value is -4.94. The first-order valence-corrected chi connectivity index (χ1v) is 12.4. The molecular weight excluding hydrogens is 476 g/mol. The highest BCUT2D eigenvalue weighted by Gasteiger charge is 2.25. The van der Waals surface area contributed by atoms with Crippen LogP contribution < -0.4 is 28.7 Å². The van der Waals surface area contributed by atoms with Crippen molar-refractivity contribution in [2.75, 3.05) is 36.5 Å². The number of benzene rings is 4. The number of anilines is 2. The molecule has 4 aromatic rings. The average molecular weight is 503 g/mol. The lowest BCUT2D eigenvalue weighted by atomic mass is 9.99. The molecule has 2 aliphatic heterocycles. The van der Waals surface area contributed by atoms with Crippen LogP contribution in [0.25, 0.3) is 10.8 Å². The van der Waals surface area contributed by atoms with E-state index in [1.807, 2.05) is 48.5 Å². The van der Waals surface area contributed by atoms with Crippen molar-refractivity contribution in [3.05, 3.63) is 83.9 Å². The van der Waals surface area contributed by atoms with Gasteiger partial charge in [-0.1, -0.05) is 36.1 Å². The monoisotopic (exact) mass is 502 g/mol. The zero-order chi connectivity index (χ0) is 25.9. The maximum atomic E-state index is 6.30. The van der Waals surface area contributed by atoms with Crippen LogP contribution in [-0.4, -0.2) is 26.7 Å². The summed E-state index contributed by atoms with van der Waals surface area (Å²) in [7, 11) is 0. The fourth-order valence-electron chi connectivity index (χ4n) is 4.91. The minimum Gasteiger partial charge on any atom is -0.481 e. The molecular formula is C32H26N2O4. The number of nitrogens with zero attached hydrogens (tertiary/aromatic N) is 2. The van der Waals surface area contributed by atoms with Crippen LogP contribution in [0.1, 0.15) is 11.1 Å². The number of fused-ring (bicyclic) bond motifs is 5. The molecule has 0 aliphatic carbocycles. The maximum absolute atomic E-state index is 6.30. The summed E-state index contributed by atoms with van der Waals surface area (Å²) < 4.78 is 23.6. The maximum Gasteiger partial charge on any atom is 0.161 e. The molecule has 0 saturated heterocycles. The van der Waals surface area contributed by atoms with Crippen molar-refractivity contribution in [2.45, 2.75) is 13.1 Å². The van der Waals surface area contributed by atoms with Crippen molar-refractivity contribution in [2.24, 2.45) is 0 Å². The molecule has 2 heterocycles. The Labute approximate surface area is 222 Å². The first-order valence-electron chi connectivity index (χ1n) is 12.4. The molecule has 6 nitrogen and oxygen atoms in total. The zero-order valence-electron chi connectivity index (χ0n) is 20.9. The molecule has 0 saturated carbocycles. The van der Waals surface area contributed by atoms with E-state index in [1.54, 1.807) is 0 Å². The summed E-state index contributed by atoms with van der Waals surface area (Å²) in [5, 5.41) is 2.14. The van der Waals surface area contributed by atoms with Crippen LogP contribution in [0.3, 0.4) is 0 Å². The van der Waals surface area contributed by atoms with E-state index in [2.05, 4.69) is 45.9 Å². The Morgan fingerprint density at radius 1 is 0.605 bits per heavy atom. The summed E-state index contributed by atoms with van der Waals surface area (Å²) in [6.07, 6.45) is 10.5. The standard InChI is InChI=1S/C32H26N2O4/c1-3-17-35-27-11-7-25(8-12-27)33-19-23-5-15-30-29(31(23)37-21-33)16-6-24-20-34(22-38-32(24)30)26-9-13-28(14-10-26)36-18-4-2/h1-2,5-16H,17-22H2. The molecule has 188 valence electrons. The summed E-state index contributed by atoms with van der Waals surface area (Å²) in [6, 6.07) is 24.4. The van der Waals surface area contributed by atoms with E-state index in [-0.39, 0.29) is 13.2 Å². The minimum atomic E-state index is 0.258. The lowest BCUT2D eigenvalue weighted by Gasteiger charge is -2.33. The van der Waals surface area contributed by atoms with Gasteiger partial charge in [0.2, 0.25) is 0 Å². The van der Waals surface area contributed by atoms with Crippen LogP contribution in [-0.2, 0) is 13.1 Å². The molecule has 2 aliphatic rings. The topological polar surface area (TPSA) is 43.4 Å². The molecule has 4 aromatic carbocycles. The summed E-state index contributed by atoms with van der Waals surface area (Å²) in [6.45, 7) is 2.95. The van der Waals surface area contributed by atoms with Crippen molar-refractivity contribution < 1.29 is 18.9 Å². The number of hydrogen-bond acceptors (Lipinski definition) is 6. The van der Waals surface area contributed by atoms with Gasteiger partial charge in [-0.05, 0) is 48.5 Å². The molecule has 0 amide bonds. The van der Waals surface area contributed by atoms with E-state index < -0.39 is 0 Å². The number of terminal acetylenes is 2. The van der Waals surface area contributed by atoms with Crippen molar-refractivity contribution >= 4 is 22.1 Å². The Balaban J connectivity index is 1.20. The predicted octanol–water partition coefficient (Wildman–Crippen LogP) is 5.58. The minimum absolute atomic E-state index is 0.258. The molecule has 0 radical (unpaired) electrons. The van der Waals surface area contributed by atoms with Gasteiger partial charge in [-0.15, -0.1) is 12.8 Å². The Morgan fingerprint density at radius 3 is 1.42 bits per heavy atom. The molecule has 0 spiro atoms. The van der Waals surface area contributed by atoms with E-state index in [4.69, 9.17) is 31.8 Å². The lowest BCUT2D eigenvalue weighted by molar-refractivity contribution is 0.289. The van der Waals surface area contributed by atoms with E-state index in [0.717, 1.165) is 69.4 Å². The summed E-state index contributed by atoms with van der Waals surface area (Å²) in [5.41, 5.74) is 4.41. The van der Waals surface area contributed by atoms with Crippen LogP contribution in [0, 0.1) is 24.7 Å². The number of hydrogen-bond donors (Lipinski definition) is 0. The van der Waals surface area contributed by atoms with Gasteiger partial charge in [-0.2, -0.15) is 0 Å². The second kappa shape index (κ2) is 10.2. The van der Waals surface area contributed by atoms with Gasteiger partial charge < -0.3 is 28.7 Å². The molecule has 6 heteroatoms. The Bertz CT molecular complexity index is 1430. The van der Waals surface area contributed by atoms with E-state index in [1.165, 1.54) is 0 Å². The summed E-state index contributed by atoms with van der Waals surface area (Å²) >= 11 is 0. The molecule has 38 heavy (non-hydrogen) atoms. The molecule has 6 rings (SSSR count). The Morgan fingerprint density at radius 2 is 1.03 bits per heavy atom. The van der Waals surface area contributed by atoms with Gasteiger partial charge >= 0.3 is 0 Å². The molecule has 0 bridgehead atoms. The van der Waals surface area contributed by atoms with Crippen LogP contribution in [0.4, 0.5) is 11.4 Å². The third-order valence-electron chi connectivity index (χ3n) is 6.77. The van der Waals surface area contributed by atoms with Gasteiger partial charge in [0.25, 0.3) is 0 Å². The van der Waals surface area contributed by atoms with E-state index in [9.17, 15) is 0 Å². The molecule has 0 aromatic heterocycles. The smallest absolute Gasteiger partial charge is 0.161 e. The van der Waals surface area contributed by atoms with Gasteiger partial charge in [0.05, 0.1) is 0 Å². The van der Waals surface area contributed by atoms with Crippen LogP contribution in [0.2, 0.25) is 0 Å². The van der Waals surface area contributed by atoms with Crippen molar-refractivity contribution in [3.63, 3.8) is 0 Å². The molecule has 0 atom stereocenters. The van der Waals surface area contributed by atoms with Crippen molar-refractivity contribution in [1.29, 1.82) is 0 Å². The van der Waals surface area contributed by atoms with Crippen LogP contribution >= 0.6 is 0 Å². The second-order valence-electron chi connectivity index (χ2n) is 9.12. The van der Waals surface area contributed by atoms with Crippen molar-refractivity contribution in [1.82, 2.24) is 0 Å². The zero-order valence-corrected chi connectivity index (χ0v) is 20.9. The van der Waals surface area contributed by atoms with Gasteiger partial charge in [-0.25, -0.2) is 0 Å². The first-order chi connectivity index (χ1) is 18.7. The number of ether oxygens (including phenoxy) is 4. The lowest BCUT2D eigenvalue weighted by Crippen LogP contribution is -2.32. The highest BCUT2D eigenvalue weighted by molar-refractivity contribution is 5.95. The fourth-order valence-corrected chi connectivity index (χ4v) is 4.91. The average Bonchev–Trinajstić information content (AvgIpc) is 2.98. The highest BCUT2D eigenvalue weighted by Crippen LogP contribution is 2.42. The predicted molar refractivity (Wildman–Crippen MR) is 149 cm³/mol. The van der Waals surface area contributed by atoms with Crippen LogP contribution in [0.5, 0.6) is 23.0 Å². The largest absolute Gasteiger partial charge is 0.481 e. The summed E-state index contributed by atoms with van der Waals surface area (Å²) in [4.78, 5) is 4.38. The third kappa shape index (κ3) is 4.49. The highest BCUT2D eigenvalue weighted by atomic mass is 16.5. The fraction of sp³-hybridized carbons (Fsp3) is 0.188. The quantitative estimate of drug-likeness (QED) is 0.321. The SMILES string of the molecule is C#CCOc1ccc(N2COc3c(ccc4c5c(ccc34)CN(c3ccc(OCC#C)cc3)CO5)C2)cc1. The Kier molecular flexibility index (Phi) is 6.30. The second-order valence-corrected chi connectivity index (χ2v) is 9.12. The first kappa shape index (κ1) is 23.5. The van der Waals surface area contributed by atoms with Crippen molar-refractivity contribution in [3.8, 4) is 47.7 Å². The summed E-state index contributed by atoms with van der Waals surface area (Å²) in [5.74, 6) is 8.32. The van der Waals surface area contributed by atoms with Gasteiger partial charge in [0, 0.05) is 46.4 Å². The molecule has 0 N–H and O–H groups in total. The van der Waals surface area contributed by atoms with Crippen LogP contribution in [0.15, 0.2) is 72.8 Å². The third-order valence-corrected chi connectivity index (χ3v) is 6.77. The molecule has 0 fully saturated rings. The van der Waals surface area contributed by atoms with Gasteiger partial charge in [-0.3, -0.25) is 0 Å². The van der Waals surface area contributed by atoms with E-state index in [0.29, 0.717) is 13.5 Å². The van der Waals surface area contributed by atoms with Gasteiger partial charge in [0.1, 0.15) is 36.2 Å². The number of rotatable bonds is 6. The molecule has 0 unspecified atom stereocenters.